The molecular formula is C21H23N3O5. The van der Waals surface area contributed by atoms with E-state index >= 15 is 0 Å². The Kier molecular flexibility index (Phi) is 5.81. The van der Waals surface area contributed by atoms with Crippen LogP contribution < -0.4 is 15.0 Å². The minimum atomic E-state index is -0.558. The Labute approximate surface area is 168 Å². The fourth-order valence-electron chi connectivity index (χ4n) is 3.48. The van der Waals surface area contributed by atoms with Gasteiger partial charge in [0.25, 0.3) is 5.69 Å². The Bertz CT molecular complexity index is 973. The van der Waals surface area contributed by atoms with Crippen molar-refractivity contribution < 1.29 is 19.2 Å². The highest BCUT2D eigenvalue weighted by atomic mass is 16.6. The molecule has 8 nitrogen and oxygen atoms in total. The number of anilines is 2. The van der Waals surface area contributed by atoms with E-state index in [1.54, 1.807) is 23.1 Å². The van der Waals surface area contributed by atoms with Gasteiger partial charge in [0.15, 0.2) is 0 Å². The minimum Gasteiger partial charge on any atom is -0.495 e. The minimum absolute atomic E-state index is 0.0288. The van der Waals surface area contributed by atoms with Gasteiger partial charge >= 0.3 is 0 Å². The van der Waals surface area contributed by atoms with Crippen molar-refractivity contribution in [3.8, 4) is 5.75 Å². The zero-order chi connectivity index (χ0) is 21.1. The number of nitro benzene ring substituents is 1. The predicted octanol–water partition coefficient (Wildman–Crippen LogP) is 3.47. The number of hydrogen-bond acceptors (Lipinski definition) is 5. The molecule has 3 rings (SSSR count). The Morgan fingerprint density at radius 3 is 2.72 bits per heavy atom. The third kappa shape index (κ3) is 4.21. The van der Waals surface area contributed by atoms with Crippen LogP contribution in [-0.2, 0) is 16.0 Å². The van der Waals surface area contributed by atoms with E-state index in [4.69, 9.17) is 4.74 Å². The number of rotatable bonds is 6. The Morgan fingerprint density at radius 2 is 2.07 bits per heavy atom. The summed E-state index contributed by atoms with van der Waals surface area (Å²) in [6, 6.07) is 10.2. The zero-order valence-electron chi connectivity index (χ0n) is 16.6. The van der Waals surface area contributed by atoms with Crippen LogP contribution >= 0.6 is 0 Å². The maximum atomic E-state index is 12.7. The molecule has 8 heteroatoms. The highest BCUT2D eigenvalue weighted by Gasteiger charge is 2.36. The van der Waals surface area contributed by atoms with Gasteiger partial charge in [0.1, 0.15) is 5.75 Å². The number of carbonyl (C=O) groups is 2. The highest BCUT2D eigenvalue weighted by Crippen LogP contribution is 2.34. The third-order valence-corrected chi connectivity index (χ3v) is 5.05. The molecule has 1 unspecified atom stereocenters. The second-order valence-electron chi connectivity index (χ2n) is 7.02. The molecule has 1 fully saturated rings. The lowest BCUT2D eigenvalue weighted by molar-refractivity contribution is -0.385. The summed E-state index contributed by atoms with van der Waals surface area (Å²) in [5.74, 6) is -0.499. The standard InChI is InChI=1S/C21H23N3O5/c1-4-14-6-7-16(11-17(14)24(27)28)22-21(26)15-10-20(25)23(12-15)18-9-13(2)5-8-19(18)29-3/h5-9,11,15H,4,10,12H2,1-3H3,(H,22,26). The summed E-state index contributed by atoms with van der Waals surface area (Å²) in [4.78, 5) is 37.6. The van der Waals surface area contributed by atoms with Crippen LogP contribution in [0.15, 0.2) is 36.4 Å². The number of nitrogens with one attached hydrogen (secondary N) is 1. The zero-order valence-corrected chi connectivity index (χ0v) is 16.6. The summed E-state index contributed by atoms with van der Waals surface area (Å²) in [6.45, 7) is 3.97. The largest absolute Gasteiger partial charge is 0.495 e. The first kappa shape index (κ1) is 20.3. The van der Waals surface area contributed by atoms with Gasteiger partial charge in [0.05, 0.1) is 23.6 Å². The lowest BCUT2D eigenvalue weighted by atomic mass is 10.1. The first-order valence-electron chi connectivity index (χ1n) is 9.37. The maximum Gasteiger partial charge on any atom is 0.274 e. The molecule has 0 aliphatic carbocycles. The smallest absolute Gasteiger partial charge is 0.274 e. The number of methoxy groups -OCH3 is 1. The van der Waals surface area contributed by atoms with E-state index in [-0.39, 0.29) is 30.5 Å². The Hall–Kier alpha value is -3.42. The van der Waals surface area contributed by atoms with Crippen molar-refractivity contribution in [2.24, 2.45) is 5.92 Å². The number of hydrogen-bond donors (Lipinski definition) is 1. The SMILES string of the molecule is CCc1ccc(NC(=O)C2CC(=O)N(c3cc(C)ccc3OC)C2)cc1[N+](=O)[O-]. The lowest BCUT2D eigenvalue weighted by Crippen LogP contribution is -2.28. The summed E-state index contributed by atoms with van der Waals surface area (Å²) < 4.78 is 5.35. The Morgan fingerprint density at radius 1 is 1.31 bits per heavy atom. The number of nitrogens with zero attached hydrogens (tertiary/aromatic N) is 2. The highest BCUT2D eigenvalue weighted by molar-refractivity contribution is 6.04. The number of nitro groups is 1. The monoisotopic (exact) mass is 397 g/mol. The van der Waals surface area contributed by atoms with Crippen LogP contribution in [0.5, 0.6) is 5.75 Å². The van der Waals surface area contributed by atoms with Gasteiger partial charge in [0.2, 0.25) is 11.8 Å². The molecule has 0 bridgehead atoms. The van der Waals surface area contributed by atoms with Crippen LogP contribution in [0, 0.1) is 23.0 Å². The summed E-state index contributed by atoms with van der Waals surface area (Å²) in [5.41, 5.74) is 2.53. The van der Waals surface area contributed by atoms with E-state index in [2.05, 4.69) is 5.32 Å². The van der Waals surface area contributed by atoms with Gasteiger partial charge in [-0.15, -0.1) is 0 Å². The van der Waals surface area contributed by atoms with Crippen molar-refractivity contribution in [2.75, 3.05) is 23.9 Å². The molecule has 1 aliphatic rings. The normalized spacial score (nSPS) is 16.0. The second-order valence-corrected chi connectivity index (χ2v) is 7.02. The van der Waals surface area contributed by atoms with Crippen molar-refractivity contribution in [1.82, 2.24) is 0 Å². The average molecular weight is 397 g/mol. The van der Waals surface area contributed by atoms with Gasteiger partial charge in [-0.25, -0.2) is 0 Å². The summed E-state index contributed by atoms with van der Waals surface area (Å²) in [7, 11) is 1.53. The molecule has 0 aromatic heterocycles. The van der Waals surface area contributed by atoms with Crippen molar-refractivity contribution in [1.29, 1.82) is 0 Å². The van der Waals surface area contributed by atoms with Crippen molar-refractivity contribution in [3.63, 3.8) is 0 Å². The van der Waals surface area contributed by atoms with Crippen molar-refractivity contribution in [3.05, 3.63) is 57.6 Å². The van der Waals surface area contributed by atoms with E-state index in [1.807, 2.05) is 26.0 Å². The van der Waals surface area contributed by atoms with Gasteiger partial charge in [-0.3, -0.25) is 19.7 Å². The number of amides is 2. The van der Waals surface area contributed by atoms with Gasteiger partial charge in [-0.05, 0) is 37.1 Å². The molecule has 0 spiro atoms. The van der Waals surface area contributed by atoms with Crippen LogP contribution in [-0.4, -0.2) is 30.4 Å². The molecular weight excluding hydrogens is 374 g/mol. The number of carbonyl (C=O) groups excluding carboxylic acids is 2. The lowest BCUT2D eigenvalue weighted by Gasteiger charge is -2.20. The van der Waals surface area contributed by atoms with E-state index in [0.717, 1.165) is 5.56 Å². The third-order valence-electron chi connectivity index (χ3n) is 5.05. The first-order valence-corrected chi connectivity index (χ1v) is 9.37. The van der Waals surface area contributed by atoms with E-state index in [1.165, 1.54) is 13.2 Å². The molecule has 1 N–H and O–H groups in total. The van der Waals surface area contributed by atoms with Gasteiger partial charge in [-0.2, -0.15) is 0 Å². The van der Waals surface area contributed by atoms with Crippen LogP contribution in [0.4, 0.5) is 17.1 Å². The molecule has 2 aromatic carbocycles. The molecule has 1 saturated heterocycles. The fraction of sp³-hybridized carbons (Fsp3) is 0.333. The molecule has 2 aromatic rings. The topological polar surface area (TPSA) is 102 Å². The quantitative estimate of drug-likeness (QED) is 0.594. The molecule has 152 valence electrons. The van der Waals surface area contributed by atoms with E-state index in [0.29, 0.717) is 29.1 Å². The molecule has 2 amide bonds. The molecule has 1 heterocycles. The molecule has 0 radical (unpaired) electrons. The number of aryl methyl sites for hydroxylation is 2. The molecule has 0 saturated carbocycles. The summed E-state index contributed by atoms with van der Waals surface area (Å²) in [6.07, 6.45) is 0.590. The van der Waals surface area contributed by atoms with Crippen LogP contribution in [0.1, 0.15) is 24.5 Å². The average Bonchev–Trinajstić information content (AvgIpc) is 3.09. The van der Waals surface area contributed by atoms with E-state index < -0.39 is 10.8 Å². The number of benzene rings is 2. The van der Waals surface area contributed by atoms with Crippen LogP contribution in [0.2, 0.25) is 0 Å². The Balaban J connectivity index is 1.77. The maximum absolute atomic E-state index is 12.7. The molecule has 1 aliphatic heterocycles. The summed E-state index contributed by atoms with van der Waals surface area (Å²) in [5, 5.41) is 13.9. The van der Waals surface area contributed by atoms with Crippen molar-refractivity contribution >= 4 is 28.9 Å². The van der Waals surface area contributed by atoms with Crippen molar-refractivity contribution in [2.45, 2.75) is 26.7 Å². The first-order chi connectivity index (χ1) is 13.8. The second kappa shape index (κ2) is 8.30. The van der Waals surface area contributed by atoms with Gasteiger partial charge in [-0.1, -0.05) is 19.1 Å². The van der Waals surface area contributed by atoms with Crippen LogP contribution in [0.25, 0.3) is 0 Å². The van der Waals surface area contributed by atoms with Crippen LogP contribution in [0.3, 0.4) is 0 Å². The number of ether oxygens (including phenoxy) is 1. The van der Waals surface area contributed by atoms with Gasteiger partial charge in [0, 0.05) is 30.3 Å². The fourth-order valence-corrected chi connectivity index (χ4v) is 3.48. The predicted molar refractivity (Wildman–Crippen MR) is 109 cm³/mol. The van der Waals surface area contributed by atoms with Gasteiger partial charge < -0.3 is 15.0 Å². The summed E-state index contributed by atoms with van der Waals surface area (Å²) >= 11 is 0. The molecule has 1 atom stereocenters. The van der Waals surface area contributed by atoms with E-state index in [9.17, 15) is 19.7 Å². The molecule has 29 heavy (non-hydrogen) atoms.